The Morgan fingerprint density at radius 3 is 2.40 bits per heavy atom. The van der Waals surface area contributed by atoms with Crippen LogP contribution in [0.15, 0.2) is 53.4 Å². The number of rotatable bonds is 4. The number of carboxylic acid groups (broad SMARTS) is 1. The standard InChI is InChI=1S/C17H11ClFNO4S/c18-11-4-6-13(7-5-11)25(23,24)15-14(17(15,9-20)16(21)22)10-2-1-3-12(19)8-10/h1-8,14-15H,(H,21,22)/t14-,15+,17-/m0/s1. The Kier molecular flexibility index (Phi) is 4.06. The van der Waals surface area contributed by atoms with Gasteiger partial charge in [0.25, 0.3) is 0 Å². The van der Waals surface area contributed by atoms with Crippen LogP contribution in [-0.4, -0.2) is 24.7 Å². The molecule has 0 aromatic heterocycles. The van der Waals surface area contributed by atoms with Crippen LogP contribution in [0.25, 0.3) is 0 Å². The molecule has 0 bridgehead atoms. The lowest BCUT2D eigenvalue weighted by Gasteiger charge is -2.05. The van der Waals surface area contributed by atoms with Gasteiger partial charge in [0.1, 0.15) is 11.1 Å². The zero-order valence-electron chi connectivity index (χ0n) is 12.6. The van der Waals surface area contributed by atoms with Crippen molar-refractivity contribution in [3.63, 3.8) is 0 Å². The van der Waals surface area contributed by atoms with Crippen LogP contribution in [0.3, 0.4) is 0 Å². The van der Waals surface area contributed by atoms with Gasteiger partial charge in [-0.05, 0) is 42.0 Å². The Bertz CT molecular complexity index is 1000. The maximum Gasteiger partial charge on any atom is 0.326 e. The average Bonchev–Trinajstić information content (AvgIpc) is 3.27. The quantitative estimate of drug-likeness (QED) is 0.880. The lowest BCUT2D eigenvalue weighted by Crippen LogP contribution is -2.22. The average molecular weight is 380 g/mol. The van der Waals surface area contributed by atoms with E-state index in [1.54, 1.807) is 6.07 Å². The molecule has 0 aliphatic heterocycles. The molecule has 3 atom stereocenters. The molecule has 0 amide bonds. The molecule has 0 spiro atoms. The molecule has 2 aromatic rings. The van der Waals surface area contributed by atoms with E-state index in [0.29, 0.717) is 5.02 Å². The van der Waals surface area contributed by atoms with E-state index in [1.165, 1.54) is 36.4 Å². The van der Waals surface area contributed by atoms with Crippen LogP contribution in [0.4, 0.5) is 4.39 Å². The summed E-state index contributed by atoms with van der Waals surface area (Å²) >= 11 is 5.75. The smallest absolute Gasteiger partial charge is 0.326 e. The van der Waals surface area contributed by atoms with Gasteiger partial charge in [-0.25, -0.2) is 12.8 Å². The Labute approximate surface area is 148 Å². The van der Waals surface area contributed by atoms with Crippen molar-refractivity contribution < 1.29 is 22.7 Å². The molecule has 128 valence electrons. The van der Waals surface area contributed by atoms with Crippen LogP contribution in [0, 0.1) is 22.6 Å². The first-order chi connectivity index (χ1) is 11.7. The molecule has 25 heavy (non-hydrogen) atoms. The minimum Gasteiger partial charge on any atom is -0.480 e. The van der Waals surface area contributed by atoms with Crippen molar-refractivity contribution in [1.82, 2.24) is 0 Å². The van der Waals surface area contributed by atoms with Crippen molar-refractivity contribution in [3.05, 3.63) is 64.9 Å². The number of carbonyl (C=O) groups is 1. The number of aliphatic carboxylic acids is 1. The fourth-order valence-electron chi connectivity index (χ4n) is 3.12. The predicted molar refractivity (Wildman–Crippen MR) is 87.2 cm³/mol. The van der Waals surface area contributed by atoms with Crippen LogP contribution in [0.1, 0.15) is 11.5 Å². The molecular weight excluding hydrogens is 369 g/mol. The third-order valence-corrected chi connectivity index (χ3v) is 6.85. The van der Waals surface area contributed by atoms with Crippen LogP contribution in [0.2, 0.25) is 5.02 Å². The zero-order valence-corrected chi connectivity index (χ0v) is 14.1. The van der Waals surface area contributed by atoms with Crippen molar-refractivity contribution in [2.45, 2.75) is 16.1 Å². The van der Waals surface area contributed by atoms with Crippen molar-refractivity contribution in [3.8, 4) is 6.07 Å². The molecule has 3 rings (SSSR count). The van der Waals surface area contributed by atoms with Crippen molar-refractivity contribution in [2.24, 2.45) is 5.41 Å². The van der Waals surface area contributed by atoms with Gasteiger partial charge < -0.3 is 5.11 Å². The Balaban J connectivity index is 2.14. The van der Waals surface area contributed by atoms with E-state index in [2.05, 4.69) is 0 Å². The van der Waals surface area contributed by atoms with Gasteiger partial charge in [0, 0.05) is 10.9 Å². The maximum absolute atomic E-state index is 13.5. The van der Waals surface area contributed by atoms with E-state index in [4.69, 9.17) is 11.6 Å². The second-order valence-corrected chi connectivity index (χ2v) is 8.24. The minimum atomic E-state index is -4.14. The van der Waals surface area contributed by atoms with E-state index < -0.39 is 38.2 Å². The van der Waals surface area contributed by atoms with Gasteiger partial charge in [0.05, 0.1) is 11.0 Å². The molecule has 0 radical (unpaired) electrons. The molecule has 5 nitrogen and oxygen atoms in total. The number of hydrogen-bond acceptors (Lipinski definition) is 4. The third kappa shape index (κ3) is 2.58. The summed E-state index contributed by atoms with van der Waals surface area (Å²) in [5.41, 5.74) is -2.00. The summed E-state index contributed by atoms with van der Waals surface area (Å²) in [6, 6.07) is 11.8. The molecule has 1 fully saturated rings. The highest BCUT2D eigenvalue weighted by Crippen LogP contribution is 2.64. The summed E-state index contributed by atoms with van der Waals surface area (Å²) in [5.74, 6) is -3.34. The van der Waals surface area contributed by atoms with Crippen LogP contribution >= 0.6 is 11.6 Å². The van der Waals surface area contributed by atoms with Crippen molar-refractivity contribution >= 4 is 27.4 Å². The number of hydrogen-bond donors (Lipinski definition) is 1. The normalized spacial score (nSPS) is 25.2. The van der Waals surface area contributed by atoms with Gasteiger partial charge in [-0.3, -0.25) is 4.79 Å². The van der Waals surface area contributed by atoms with Crippen LogP contribution in [-0.2, 0) is 14.6 Å². The van der Waals surface area contributed by atoms with E-state index in [-0.39, 0.29) is 10.5 Å². The largest absolute Gasteiger partial charge is 0.480 e. The first-order valence-corrected chi connectivity index (χ1v) is 9.07. The fourth-order valence-corrected chi connectivity index (χ4v) is 5.50. The summed E-state index contributed by atoms with van der Waals surface area (Å²) in [6.45, 7) is 0. The Morgan fingerprint density at radius 2 is 1.88 bits per heavy atom. The van der Waals surface area contributed by atoms with E-state index in [1.807, 2.05) is 0 Å². The van der Waals surface area contributed by atoms with Gasteiger partial charge in [-0.1, -0.05) is 23.7 Å². The topological polar surface area (TPSA) is 95.2 Å². The number of benzene rings is 2. The molecule has 1 aliphatic carbocycles. The SMILES string of the molecule is N#C[C@@]1(C(=O)O)[C@H](S(=O)(=O)c2ccc(Cl)cc2)[C@@H]1c1cccc(F)c1. The first kappa shape index (κ1) is 17.4. The maximum atomic E-state index is 13.5. The summed E-state index contributed by atoms with van der Waals surface area (Å²) in [5, 5.41) is 17.8. The molecule has 1 saturated carbocycles. The van der Waals surface area contributed by atoms with Gasteiger partial charge >= 0.3 is 5.97 Å². The highest BCUT2D eigenvalue weighted by molar-refractivity contribution is 7.92. The Hall–Kier alpha value is -2.43. The van der Waals surface area contributed by atoms with E-state index in [0.717, 1.165) is 12.1 Å². The fraction of sp³-hybridized carbons (Fsp3) is 0.176. The molecule has 0 heterocycles. The molecule has 2 aromatic carbocycles. The van der Waals surface area contributed by atoms with Gasteiger partial charge in [-0.2, -0.15) is 5.26 Å². The van der Waals surface area contributed by atoms with E-state index in [9.17, 15) is 28.0 Å². The molecular formula is C17H11ClFNO4S. The number of halogens is 2. The van der Waals surface area contributed by atoms with Crippen molar-refractivity contribution in [2.75, 3.05) is 0 Å². The van der Waals surface area contributed by atoms with Crippen molar-refractivity contribution in [1.29, 1.82) is 5.26 Å². The molecule has 8 heteroatoms. The first-order valence-electron chi connectivity index (χ1n) is 7.14. The number of nitrogens with zero attached hydrogens (tertiary/aromatic N) is 1. The molecule has 1 aliphatic rings. The summed E-state index contributed by atoms with van der Waals surface area (Å²) in [6.07, 6.45) is 0. The van der Waals surface area contributed by atoms with Crippen LogP contribution < -0.4 is 0 Å². The van der Waals surface area contributed by atoms with Gasteiger partial charge in [0.15, 0.2) is 15.3 Å². The summed E-state index contributed by atoms with van der Waals surface area (Å²) in [7, 11) is -4.14. The van der Waals surface area contributed by atoms with E-state index >= 15 is 0 Å². The summed E-state index contributed by atoms with van der Waals surface area (Å²) in [4.78, 5) is 11.6. The van der Waals surface area contributed by atoms with Gasteiger partial charge in [0.2, 0.25) is 0 Å². The molecule has 0 saturated heterocycles. The number of sulfone groups is 1. The second-order valence-electron chi connectivity index (χ2n) is 5.74. The third-order valence-electron chi connectivity index (χ3n) is 4.36. The highest BCUT2D eigenvalue weighted by Gasteiger charge is 2.77. The molecule has 1 N–H and O–H groups in total. The lowest BCUT2D eigenvalue weighted by molar-refractivity contribution is -0.141. The lowest BCUT2D eigenvalue weighted by atomic mass is 10.0. The highest BCUT2D eigenvalue weighted by atomic mass is 35.5. The summed E-state index contributed by atoms with van der Waals surface area (Å²) < 4.78 is 39.3. The second kappa shape index (κ2) is 5.83. The van der Waals surface area contributed by atoms with Crippen LogP contribution in [0.5, 0.6) is 0 Å². The number of nitriles is 1. The monoisotopic (exact) mass is 379 g/mol. The Morgan fingerprint density at radius 1 is 1.24 bits per heavy atom. The van der Waals surface area contributed by atoms with Gasteiger partial charge in [-0.15, -0.1) is 0 Å². The predicted octanol–water partition coefficient (Wildman–Crippen LogP) is 3.01. The number of carboxylic acids is 1. The molecule has 0 unspecified atom stereocenters. The minimum absolute atomic E-state index is 0.137. The zero-order chi connectivity index (χ0) is 18.4.